The molecule has 0 radical (unpaired) electrons. The molecule has 0 aliphatic carbocycles. The lowest BCUT2D eigenvalue weighted by atomic mass is 10.0. The number of nitrogens with zero attached hydrogens (tertiary/aromatic N) is 1. The van der Waals surface area contributed by atoms with Crippen molar-refractivity contribution in [2.24, 2.45) is 0 Å². The Labute approximate surface area is 570 Å². The topological polar surface area (TPSA) is 111 Å². The molecule has 10 heteroatoms. The Morgan fingerprint density at radius 3 is 1.01 bits per heavy atom. The number of carbonyl (C=O) groups is 2. The minimum atomic E-state index is -4.47. The molecule has 0 aromatic rings. The maximum absolute atomic E-state index is 13.7. The average molecular weight is 1310 g/mol. The Morgan fingerprint density at radius 1 is 0.380 bits per heavy atom. The summed E-state index contributed by atoms with van der Waals surface area (Å²) in [5.74, 6) is -0.507. The van der Waals surface area contributed by atoms with Crippen molar-refractivity contribution in [3.8, 4) is 0 Å². The van der Waals surface area contributed by atoms with E-state index in [0.29, 0.717) is 17.4 Å². The summed E-state index contributed by atoms with van der Waals surface area (Å²) in [6.07, 6.45) is 98.2. The summed E-state index contributed by atoms with van der Waals surface area (Å²) >= 11 is 0. The molecule has 92 heavy (non-hydrogen) atoms. The van der Waals surface area contributed by atoms with Gasteiger partial charge in [-0.2, -0.15) is 0 Å². The molecule has 0 aliphatic heterocycles. The monoisotopic (exact) mass is 1300 g/mol. The van der Waals surface area contributed by atoms with Gasteiger partial charge in [0.25, 0.3) is 0 Å². The minimum Gasteiger partial charge on any atom is -0.456 e. The Hall–Kier alpha value is -3.33. The molecule has 0 aromatic heterocycles. The second kappa shape index (κ2) is 70.5. The van der Waals surface area contributed by atoms with Gasteiger partial charge in [-0.1, -0.05) is 323 Å². The fourth-order valence-electron chi connectivity index (χ4n) is 11.0. The van der Waals surface area contributed by atoms with Crippen LogP contribution in [0.3, 0.4) is 0 Å². The van der Waals surface area contributed by atoms with E-state index in [0.717, 1.165) is 96.3 Å². The van der Waals surface area contributed by atoms with E-state index in [1.165, 1.54) is 218 Å². The van der Waals surface area contributed by atoms with E-state index in [2.05, 4.69) is 123 Å². The second-order valence-electron chi connectivity index (χ2n) is 27.2. The van der Waals surface area contributed by atoms with Crippen LogP contribution in [-0.2, 0) is 27.9 Å². The zero-order valence-electron chi connectivity index (χ0n) is 61.0. The van der Waals surface area contributed by atoms with Crippen LogP contribution in [0.25, 0.3) is 0 Å². The molecular formula is C82H148N2O7P+. The number of phosphoric acid groups is 1. The predicted molar refractivity (Wildman–Crippen MR) is 401 cm³/mol. The SMILES string of the molecule is CCCCC/C=C\C/C=C\C/C=C\C/C=C\CCCCCCCCCCCCCC(=O)NC(COP(=O)(O)OCC[N+](C)(C)C)C(/C=C/CCCCCCCCCCCC)OC(=O)CCCCCCCCCCCCC/C=C\C/C=C\C/C=C\C/C=C\CCCCC. The van der Waals surface area contributed by atoms with Gasteiger partial charge in [0.1, 0.15) is 19.3 Å². The number of hydrogen-bond donors (Lipinski definition) is 2. The maximum Gasteiger partial charge on any atom is 0.472 e. The van der Waals surface area contributed by atoms with Crippen molar-refractivity contribution in [1.29, 1.82) is 0 Å². The van der Waals surface area contributed by atoms with Gasteiger partial charge in [-0.25, -0.2) is 4.57 Å². The number of hydrogen-bond acceptors (Lipinski definition) is 6. The van der Waals surface area contributed by atoms with E-state index >= 15 is 0 Å². The smallest absolute Gasteiger partial charge is 0.456 e. The Kier molecular flexibility index (Phi) is 67.9. The highest BCUT2D eigenvalue weighted by molar-refractivity contribution is 7.47. The van der Waals surface area contributed by atoms with Crippen molar-refractivity contribution in [2.45, 2.75) is 360 Å². The number of phosphoric ester groups is 1. The summed E-state index contributed by atoms with van der Waals surface area (Å²) in [6, 6.07) is -0.859. The molecule has 532 valence electrons. The highest BCUT2D eigenvalue weighted by atomic mass is 31.2. The van der Waals surface area contributed by atoms with Crippen LogP contribution in [0.2, 0.25) is 0 Å². The van der Waals surface area contributed by atoms with E-state index in [-0.39, 0.29) is 31.5 Å². The third-order valence-corrected chi connectivity index (χ3v) is 17.9. The van der Waals surface area contributed by atoms with Gasteiger partial charge in [0, 0.05) is 12.8 Å². The van der Waals surface area contributed by atoms with Crippen molar-refractivity contribution in [1.82, 2.24) is 5.32 Å². The largest absolute Gasteiger partial charge is 0.472 e. The quantitative estimate of drug-likeness (QED) is 0.0205. The fourth-order valence-corrected chi connectivity index (χ4v) is 11.7. The maximum atomic E-state index is 13.7. The number of allylic oxidation sites excluding steroid dienone is 17. The molecule has 0 saturated carbocycles. The van der Waals surface area contributed by atoms with Crippen molar-refractivity contribution in [3.05, 3.63) is 109 Å². The van der Waals surface area contributed by atoms with Crippen molar-refractivity contribution >= 4 is 19.7 Å². The Morgan fingerprint density at radius 2 is 0.663 bits per heavy atom. The molecule has 0 spiro atoms. The van der Waals surface area contributed by atoms with Gasteiger partial charge < -0.3 is 19.4 Å². The number of ether oxygens (including phenoxy) is 1. The first kappa shape index (κ1) is 88.7. The normalized spacial score (nSPS) is 14.0. The molecule has 0 fully saturated rings. The van der Waals surface area contributed by atoms with E-state index in [4.69, 9.17) is 13.8 Å². The lowest BCUT2D eigenvalue weighted by molar-refractivity contribution is -0.870. The first-order valence-corrected chi connectivity index (χ1v) is 40.2. The molecule has 9 nitrogen and oxygen atoms in total. The number of unbranched alkanes of at least 4 members (excludes halogenated alkanes) is 38. The zero-order valence-corrected chi connectivity index (χ0v) is 61.9. The summed E-state index contributed by atoms with van der Waals surface area (Å²) < 4.78 is 30.9. The van der Waals surface area contributed by atoms with Crippen LogP contribution in [-0.4, -0.2) is 74.3 Å². The Bertz CT molecular complexity index is 1940. The third kappa shape index (κ3) is 71.0. The summed E-state index contributed by atoms with van der Waals surface area (Å²) in [7, 11) is 1.49. The van der Waals surface area contributed by atoms with Gasteiger partial charge in [-0.05, 0) is 122 Å². The second-order valence-corrected chi connectivity index (χ2v) is 28.6. The van der Waals surface area contributed by atoms with Crippen LogP contribution in [0.4, 0.5) is 0 Å². The van der Waals surface area contributed by atoms with Crippen LogP contribution in [0.15, 0.2) is 109 Å². The number of nitrogens with one attached hydrogen (secondary N) is 1. The van der Waals surface area contributed by atoms with Crippen LogP contribution < -0.4 is 5.32 Å². The van der Waals surface area contributed by atoms with E-state index in [1.54, 1.807) is 0 Å². The van der Waals surface area contributed by atoms with Crippen molar-refractivity contribution in [3.63, 3.8) is 0 Å². The lowest BCUT2D eigenvalue weighted by Crippen LogP contribution is -2.47. The van der Waals surface area contributed by atoms with Crippen molar-refractivity contribution in [2.75, 3.05) is 40.9 Å². The highest BCUT2D eigenvalue weighted by Crippen LogP contribution is 2.43. The lowest BCUT2D eigenvalue weighted by Gasteiger charge is -2.27. The number of quaternary nitrogens is 1. The molecule has 0 rings (SSSR count). The van der Waals surface area contributed by atoms with Crippen LogP contribution in [0.1, 0.15) is 348 Å². The van der Waals surface area contributed by atoms with Crippen LogP contribution in [0, 0.1) is 0 Å². The highest BCUT2D eigenvalue weighted by Gasteiger charge is 2.30. The number of rotatable bonds is 70. The minimum absolute atomic E-state index is 0.0353. The van der Waals surface area contributed by atoms with Crippen molar-refractivity contribution < 1.29 is 37.3 Å². The van der Waals surface area contributed by atoms with Gasteiger partial charge in [0.05, 0.1) is 33.8 Å². The van der Waals surface area contributed by atoms with E-state index in [9.17, 15) is 19.0 Å². The summed E-state index contributed by atoms with van der Waals surface area (Å²) in [6.45, 7) is 6.98. The standard InChI is InChI=1S/C82H147N2O7P/c1-7-10-13-16-19-22-25-28-30-32-34-36-38-40-42-44-46-48-50-52-54-56-59-62-65-68-71-74-81(85)83-79(78-90-92(87,88)89-77-76-84(4,5)6)80(73-70-67-64-61-58-27-24-21-18-15-12-9-3)91-82(86)75-72-69-66-63-60-57-55-53-51-49-47-45-43-41-39-37-35-33-31-29-26-23-20-17-14-11-8-2/h19-20,22-23,28-31,34-37,40-43,70,73,79-80H,7-18,21,24-27,32-33,38-39,44-69,71-72,74-78H2,1-6H3,(H-,83,85,87,88)/p+1/b22-19-,23-20-,30-28-,31-29-,36-34-,37-35-,42-40-,43-41-,73-70+. The molecule has 0 bridgehead atoms. The summed E-state index contributed by atoms with van der Waals surface area (Å²) in [5.41, 5.74) is 0. The van der Waals surface area contributed by atoms with Gasteiger partial charge in [0.2, 0.25) is 5.91 Å². The number of amides is 1. The number of carbonyl (C=O) groups excluding carboxylic acids is 2. The summed E-state index contributed by atoms with van der Waals surface area (Å²) in [5, 5.41) is 3.08. The molecular weight excluding hydrogens is 1160 g/mol. The zero-order chi connectivity index (χ0) is 67.0. The molecule has 0 saturated heterocycles. The van der Waals surface area contributed by atoms with Gasteiger partial charge in [-0.15, -0.1) is 0 Å². The van der Waals surface area contributed by atoms with E-state index in [1.807, 2.05) is 33.3 Å². The fraction of sp³-hybridized carbons (Fsp3) is 0.756. The molecule has 0 aliphatic rings. The van der Waals surface area contributed by atoms with Gasteiger partial charge in [0.15, 0.2) is 0 Å². The van der Waals surface area contributed by atoms with Gasteiger partial charge >= 0.3 is 13.8 Å². The van der Waals surface area contributed by atoms with E-state index < -0.39 is 20.0 Å². The molecule has 0 aromatic carbocycles. The predicted octanol–water partition coefficient (Wildman–Crippen LogP) is 25.2. The first-order valence-electron chi connectivity index (χ1n) is 38.7. The van der Waals surface area contributed by atoms with Crippen LogP contribution >= 0.6 is 7.82 Å². The van der Waals surface area contributed by atoms with Crippen LogP contribution in [0.5, 0.6) is 0 Å². The summed E-state index contributed by atoms with van der Waals surface area (Å²) in [4.78, 5) is 38.0. The first-order chi connectivity index (χ1) is 44.9. The molecule has 3 unspecified atom stereocenters. The van der Waals surface area contributed by atoms with Gasteiger partial charge in [-0.3, -0.25) is 18.6 Å². The number of esters is 1. The average Bonchev–Trinajstić information content (AvgIpc) is 3.69. The molecule has 1 amide bonds. The Balaban J connectivity index is 4.99. The number of likely N-dealkylation sites (N-methyl/N-ethyl adjacent to an activating group) is 1. The molecule has 3 atom stereocenters. The molecule has 0 heterocycles. The molecule has 2 N–H and O–H groups in total. The third-order valence-electron chi connectivity index (χ3n) is 16.9.